The van der Waals surface area contributed by atoms with E-state index in [0.717, 1.165) is 31.0 Å². The molecule has 0 radical (unpaired) electrons. The monoisotopic (exact) mass is 277 g/mol. The maximum absolute atomic E-state index is 5.73. The molecule has 0 spiro atoms. The Bertz CT molecular complexity index is 473. The number of halogens is 1. The van der Waals surface area contributed by atoms with Crippen LogP contribution in [0.1, 0.15) is 12.0 Å². The van der Waals surface area contributed by atoms with E-state index in [2.05, 4.69) is 30.4 Å². The second-order valence-corrected chi connectivity index (χ2v) is 4.26. The van der Waals surface area contributed by atoms with Crippen LogP contribution in [0.2, 0.25) is 0 Å². The first kappa shape index (κ1) is 15.4. The van der Waals surface area contributed by atoms with Gasteiger partial charge in [0.25, 0.3) is 0 Å². The van der Waals surface area contributed by atoms with Crippen LogP contribution < -0.4 is 10.1 Å². The summed E-state index contributed by atoms with van der Waals surface area (Å²) in [6.07, 6.45) is 0.989. The summed E-state index contributed by atoms with van der Waals surface area (Å²) in [6, 6.07) is 18.3. The number of ether oxygens (including phenoxy) is 1. The fraction of sp³-hybridized carbons (Fsp3) is 0.250. The van der Waals surface area contributed by atoms with Gasteiger partial charge in [0.2, 0.25) is 0 Å². The van der Waals surface area contributed by atoms with E-state index >= 15 is 0 Å². The van der Waals surface area contributed by atoms with E-state index in [1.165, 1.54) is 5.56 Å². The van der Waals surface area contributed by atoms with Gasteiger partial charge in [-0.1, -0.05) is 36.4 Å². The molecule has 0 saturated carbocycles. The lowest BCUT2D eigenvalue weighted by Gasteiger charge is -2.09. The van der Waals surface area contributed by atoms with Crippen LogP contribution in [-0.4, -0.2) is 13.2 Å². The number of para-hydroxylation sites is 2. The van der Waals surface area contributed by atoms with Crippen LogP contribution in [0, 0.1) is 6.92 Å². The maximum Gasteiger partial charge on any atom is 0.122 e. The minimum absolute atomic E-state index is 0. The molecule has 0 aliphatic rings. The molecule has 3 heteroatoms. The molecule has 0 fully saturated rings. The molecule has 19 heavy (non-hydrogen) atoms. The molecule has 1 N–H and O–H groups in total. The van der Waals surface area contributed by atoms with Crippen LogP contribution in [0.25, 0.3) is 0 Å². The standard InChI is InChI=1S/C16H19NO.ClH/c1-14-8-5-6-11-16(14)18-13-7-12-17-15-9-3-2-4-10-15;/h2-6,8-11,17H,7,12-13H2,1H3;1H. The summed E-state index contributed by atoms with van der Waals surface area (Å²) in [5.41, 5.74) is 2.35. The average Bonchev–Trinajstić information content (AvgIpc) is 2.42. The summed E-state index contributed by atoms with van der Waals surface area (Å²) in [5, 5.41) is 3.37. The Hall–Kier alpha value is -1.67. The van der Waals surface area contributed by atoms with E-state index in [1.54, 1.807) is 0 Å². The molecule has 0 heterocycles. The predicted octanol–water partition coefficient (Wildman–Crippen LogP) is 4.30. The van der Waals surface area contributed by atoms with E-state index in [4.69, 9.17) is 4.74 Å². The Morgan fingerprint density at radius 2 is 1.63 bits per heavy atom. The maximum atomic E-state index is 5.73. The highest BCUT2D eigenvalue weighted by Gasteiger charge is 1.97. The zero-order chi connectivity index (χ0) is 12.6. The third kappa shape index (κ3) is 5.23. The van der Waals surface area contributed by atoms with Gasteiger partial charge in [-0.15, -0.1) is 12.4 Å². The summed E-state index contributed by atoms with van der Waals surface area (Å²) in [4.78, 5) is 0. The SMILES string of the molecule is Cc1ccccc1OCCCNc1ccccc1.Cl. The molecule has 2 aromatic carbocycles. The molecule has 2 aromatic rings. The highest BCUT2D eigenvalue weighted by molar-refractivity contribution is 5.85. The minimum atomic E-state index is 0. The molecular formula is C16H20ClNO. The molecule has 102 valence electrons. The molecule has 2 rings (SSSR count). The van der Waals surface area contributed by atoms with Gasteiger partial charge in [-0.05, 0) is 37.1 Å². The summed E-state index contributed by atoms with van der Waals surface area (Å²) in [5.74, 6) is 0.984. The van der Waals surface area contributed by atoms with E-state index < -0.39 is 0 Å². The van der Waals surface area contributed by atoms with E-state index in [9.17, 15) is 0 Å². The van der Waals surface area contributed by atoms with Gasteiger partial charge in [0.15, 0.2) is 0 Å². The van der Waals surface area contributed by atoms with Crippen molar-refractivity contribution in [2.24, 2.45) is 0 Å². The van der Waals surface area contributed by atoms with Crippen molar-refractivity contribution in [1.29, 1.82) is 0 Å². The van der Waals surface area contributed by atoms with Gasteiger partial charge in [-0.3, -0.25) is 0 Å². The number of benzene rings is 2. The zero-order valence-electron chi connectivity index (χ0n) is 11.1. The first-order valence-corrected chi connectivity index (χ1v) is 6.33. The van der Waals surface area contributed by atoms with E-state index in [0.29, 0.717) is 0 Å². The topological polar surface area (TPSA) is 21.3 Å². The summed E-state index contributed by atoms with van der Waals surface area (Å²) in [7, 11) is 0. The second-order valence-electron chi connectivity index (χ2n) is 4.26. The minimum Gasteiger partial charge on any atom is -0.493 e. The van der Waals surface area contributed by atoms with Crippen molar-refractivity contribution >= 4 is 18.1 Å². The van der Waals surface area contributed by atoms with Crippen molar-refractivity contribution in [2.75, 3.05) is 18.5 Å². The molecule has 0 aliphatic carbocycles. The van der Waals surface area contributed by atoms with Gasteiger partial charge >= 0.3 is 0 Å². The Kier molecular flexibility index (Phi) is 6.83. The first-order chi connectivity index (χ1) is 8.86. The van der Waals surface area contributed by atoms with Crippen LogP contribution in [0.15, 0.2) is 54.6 Å². The molecule has 0 aliphatic heterocycles. The summed E-state index contributed by atoms with van der Waals surface area (Å²) in [6.45, 7) is 3.73. The van der Waals surface area contributed by atoms with Gasteiger partial charge in [0, 0.05) is 12.2 Å². The fourth-order valence-corrected chi connectivity index (χ4v) is 1.76. The summed E-state index contributed by atoms with van der Waals surface area (Å²) < 4.78 is 5.73. The number of anilines is 1. The number of hydrogen-bond donors (Lipinski definition) is 1. The summed E-state index contributed by atoms with van der Waals surface area (Å²) >= 11 is 0. The number of aryl methyl sites for hydroxylation is 1. The molecule has 0 aromatic heterocycles. The second kappa shape index (κ2) is 8.44. The van der Waals surface area contributed by atoms with E-state index in [-0.39, 0.29) is 12.4 Å². The van der Waals surface area contributed by atoms with Gasteiger partial charge in [0.1, 0.15) is 5.75 Å². The highest BCUT2D eigenvalue weighted by atomic mass is 35.5. The van der Waals surface area contributed by atoms with Gasteiger partial charge in [-0.2, -0.15) is 0 Å². The Balaban J connectivity index is 0.00000180. The van der Waals surface area contributed by atoms with Gasteiger partial charge in [0.05, 0.1) is 6.61 Å². The molecule has 2 nitrogen and oxygen atoms in total. The normalized spacial score (nSPS) is 9.53. The third-order valence-electron chi connectivity index (χ3n) is 2.78. The molecule has 0 unspecified atom stereocenters. The molecule has 0 amide bonds. The number of nitrogens with one attached hydrogen (secondary N) is 1. The van der Waals surface area contributed by atoms with Gasteiger partial charge < -0.3 is 10.1 Å². The van der Waals surface area contributed by atoms with Crippen LogP contribution in [0.3, 0.4) is 0 Å². The van der Waals surface area contributed by atoms with Gasteiger partial charge in [-0.25, -0.2) is 0 Å². The first-order valence-electron chi connectivity index (χ1n) is 6.33. The zero-order valence-corrected chi connectivity index (χ0v) is 12.0. The van der Waals surface area contributed by atoms with Crippen molar-refractivity contribution in [3.63, 3.8) is 0 Å². The van der Waals surface area contributed by atoms with Crippen LogP contribution in [0.5, 0.6) is 5.75 Å². The smallest absolute Gasteiger partial charge is 0.122 e. The Labute approximate surface area is 121 Å². The fourth-order valence-electron chi connectivity index (χ4n) is 1.76. The van der Waals surface area contributed by atoms with Crippen molar-refractivity contribution in [2.45, 2.75) is 13.3 Å². The Morgan fingerprint density at radius 3 is 2.37 bits per heavy atom. The predicted molar refractivity (Wildman–Crippen MR) is 83.5 cm³/mol. The third-order valence-corrected chi connectivity index (χ3v) is 2.78. The lowest BCUT2D eigenvalue weighted by atomic mass is 10.2. The Morgan fingerprint density at radius 1 is 0.947 bits per heavy atom. The number of rotatable bonds is 6. The molecular weight excluding hydrogens is 258 g/mol. The van der Waals surface area contributed by atoms with Crippen LogP contribution >= 0.6 is 12.4 Å². The van der Waals surface area contributed by atoms with Crippen LogP contribution in [-0.2, 0) is 0 Å². The molecule has 0 bridgehead atoms. The van der Waals surface area contributed by atoms with Crippen molar-refractivity contribution < 1.29 is 4.74 Å². The van der Waals surface area contributed by atoms with Crippen LogP contribution in [0.4, 0.5) is 5.69 Å². The van der Waals surface area contributed by atoms with Crippen molar-refractivity contribution in [3.8, 4) is 5.75 Å². The largest absolute Gasteiger partial charge is 0.493 e. The highest BCUT2D eigenvalue weighted by Crippen LogP contribution is 2.16. The number of hydrogen-bond acceptors (Lipinski definition) is 2. The van der Waals surface area contributed by atoms with Crippen molar-refractivity contribution in [3.05, 3.63) is 60.2 Å². The average molecular weight is 278 g/mol. The van der Waals surface area contributed by atoms with E-state index in [1.807, 2.05) is 36.4 Å². The molecule has 0 atom stereocenters. The molecule has 0 saturated heterocycles. The lowest BCUT2D eigenvalue weighted by molar-refractivity contribution is 0.313. The van der Waals surface area contributed by atoms with Crippen molar-refractivity contribution in [1.82, 2.24) is 0 Å². The lowest BCUT2D eigenvalue weighted by Crippen LogP contribution is -2.07. The quantitative estimate of drug-likeness (QED) is 0.795.